The number of aromatic nitrogens is 1. The van der Waals surface area contributed by atoms with Crippen molar-refractivity contribution >= 4 is 61.0 Å². The van der Waals surface area contributed by atoms with Gasteiger partial charge in [0.05, 0.1) is 15.8 Å². The van der Waals surface area contributed by atoms with Crippen LogP contribution in [0.25, 0.3) is 16.3 Å². The summed E-state index contributed by atoms with van der Waals surface area (Å²) in [7, 11) is -4.37. The van der Waals surface area contributed by atoms with E-state index >= 15 is 0 Å². The average molecular weight is 553 g/mol. The van der Waals surface area contributed by atoms with Crippen LogP contribution in [0.1, 0.15) is 24.8 Å². The lowest BCUT2D eigenvalue weighted by molar-refractivity contribution is -0.657. The van der Waals surface area contributed by atoms with Gasteiger partial charge in [-0.3, -0.25) is 0 Å². The van der Waals surface area contributed by atoms with Gasteiger partial charge in [0.25, 0.3) is 5.01 Å². The van der Waals surface area contributed by atoms with Gasteiger partial charge in [0.1, 0.15) is 10.5 Å². The number of aliphatic carboxylic acids is 1. The number of benzene rings is 2. The fourth-order valence-corrected chi connectivity index (χ4v) is 5.62. The Morgan fingerprint density at radius 2 is 2.08 bits per heavy atom. The number of carbonyl (C=O) groups is 1. The van der Waals surface area contributed by atoms with Gasteiger partial charge in [-0.25, -0.2) is 17.6 Å². The lowest BCUT2D eigenvalue weighted by Gasteiger charge is -2.19. The SMILES string of the molecule is CCC(=Cc1sc2ccc(F)cc2[n+]1CC(=O)O)C=C1Oc2ccc(Cl)cc2N1CCCS(=O)(=O)[O-]. The van der Waals surface area contributed by atoms with Gasteiger partial charge >= 0.3 is 5.97 Å². The molecule has 3 aromatic rings. The van der Waals surface area contributed by atoms with Crippen LogP contribution in [0, 0.1) is 5.82 Å². The van der Waals surface area contributed by atoms with E-state index in [1.165, 1.54) is 23.5 Å². The highest BCUT2D eigenvalue weighted by molar-refractivity contribution is 7.85. The Kier molecular flexibility index (Phi) is 7.65. The van der Waals surface area contributed by atoms with Gasteiger partial charge in [0.2, 0.25) is 17.9 Å². The van der Waals surface area contributed by atoms with E-state index in [9.17, 15) is 27.3 Å². The minimum atomic E-state index is -4.37. The summed E-state index contributed by atoms with van der Waals surface area (Å²) in [5, 5.41) is 10.5. The molecular weight excluding hydrogens is 531 g/mol. The van der Waals surface area contributed by atoms with Gasteiger partial charge in [0, 0.05) is 35.5 Å². The highest BCUT2D eigenvalue weighted by Gasteiger charge is 2.27. The first-order valence-corrected chi connectivity index (χ1v) is 13.8. The summed E-state index contributed by atoms with van der Waals surface area (Å²) in [6.45, 7) is 1.79. The molecule has 0 spiro atoms. The molecule has 1 N–H and O–H groups in total. The predicted octanol–water partition coefficient (Wildman–Crippen LogP) is 4.54. The second-order valence-electron chi connectivity index (χ2n) is 8.07. The number of thiazole rings is 1. The Labute approximate surface area is 216 Å². The van der Waals surface area contributed by atoms with Crippen LogP contribution in [0.5, 0.6) is 5.75 Å². The number of rotatable bonds is 9. The fraction of sp³-hybridized carbons (Fsp3) is 0.250. The van der Waals surface area contributed by atoms with Crippen molar-refractivity contribution in [2.24, 2.45) is 0 Å². The second kappa shape index (κ2) is 10.6. The van der Waals surface area contributed by atoms with Crippen LogP contribution in [0.15, 0.2) is 53.9 Å². The van der Waals surface area contributed by atoms with Crippen LogP contribution < -0.4 is 14.2 Å². The molecular formula is C24H22ClFN2O6S2. The molecule has 12 heteroatoms. The summed E-state index contributed by atoms with van der Waals surface area (Å²) < 4.78 is 55.5. The highest BCUT2D eigenvalue weighted by atomic mass is 35.5. The molecule has 190 valence electrons. The predicted molar refractivity (Wildman–Crippen MR) is 135 cm³/mol. The number of hydrogen-bond donors (Lipinski definition) is 1. The lowest BCUT2D eigenvalue weighted by atomic mass is 10.2. The molecule has 2 heterocycles. The third kappa shape index (κ3) is 6.04. The summed E-state index contributed by atoms with van der Waals surface area (Å²) in [5.74, 6) is -1.08. The van der Waals surface area contributed by atoms with Crippen LogP contribution in [-0.2, 0) is 21.5 Å². The largest absolute Gasteiger partial charge is 0.748 e. The Bertz CT molecular complexity index is 1500. The maximum Gasteiger partial charge on any atom is 0.370 e. The van der Waals surface area contributed by atoms with Gasteiger partial charge < -0.3 is 19.3 Å². The lowest BCUT2D eigenvalue weighted by Crippen LogP contribution is -2.39. The summed E-state index contributed by atoms with van der Waals surface area (Å²) in [6, 6.07) is 9.32. The maximum absolute atomic E-state index is 13.9. The van der Waals surface area contributed by atoms with Crippen molar-refractivity contribution in [1.82, 2.24) is 0 Å². The van der Waals surface area contributed by atoms with Crippen LogP contribution >= 0.6 is 22.9 Å². The van der Waals surface area contributed by atoms with Gasteiger partial charge in [0.15, 0.2) is 5.75 Å². The third-order valence-electron chi connectivity index (χ3n) is 5.48. The van der Waals surface area contributed by atoms with E-state index in [0.717, 1.165) is 10.3 Å². The molecule has 2 aromatic carbocycles. The van der Waals surface area contributed by atoms with E-state index in [1.54, 1.807) is 39.8 Å². The topological polar surface area (TPSA) is 111 Å². The van der Waals surface area contributed by atoms with Gasteiger partial charge in [-0.1, -0.05) is 29.9 Å². The molecule has 4 rings (SSSR count). The molecule has 0 saturated carbocycles. The minimum absolute atomic E-state index is 0.0874. The van der Waals surface area contributed by atoms with Crippen LogP contribution in [0.2, 0.25) is 5.02 Å². The van der Waals surface area contributed by atoms with Crippen molar-refractivity contribution in [3.8, 4) is 5.75 Å². The maximum atomic E-state index is 13.9. The van der Waals surface area contributed by atoms with Crippen molar-refractivity contribution in [1.29, 1.82) is 0 Å². The minimum Gasteiger partial charge on any atom is -0.748 e. The first-order chi connectivity index (χ1) is 17.0. The van der Waals surface area contributed by atoms with Crippen molar-refractivity contribution in [3.05, 3.63) is 69.8 Å². The van der Waals surface area contributed by atoms with Crippen LogP contribution in [0.3, 0.4) is 0 Å². The fourth-order valence-electron chi connectivity index (χ4n) is 3.85. The molecule has 1 aliphatic heterocycles. The van der Waals surface area contributed by atoms with Gasteiger partial charge in [-0.05, 0) is 48.7 Å². The zero-order chi connectivity index (χ0) is 26.0. The molecule has 0 aliphatic carbocycles. The van der Waals surface area contributed by atoms with Crippen molar-refractivity contribution in [2.45, 2.75) is 26.3 Å². The summed E-state index contributed by atoms with van der Waals surface area (Å²) in [6.07, 6.45) is 4.24. The monoisotopic (exact) mass is 552 g/mol. The van der Waals surface area contributed by atoms with Gasteiger partial charge in [-0.15, -0.1) is 0 Å². The van der Waals surface area contributed by atoms with E-state index in [1.807, 2.05) is 13.0 Å². The molecule has 0 atom stereocenters. The summed E-state index contributed by atoms with van der Waals surface area (Å²) in [4.78, 5) is 13.3. The van der Waals surface area contributed by atoms with Gasteiger partial charge in [-0.2, -0.15) is 4.57 Å². The zero-order valence-electron chi connectivity index (χ0n) is 19.1. The molecule has 0 saturated heterocycles. The molecule has 1 aliphatic rings. The Balaban J connectivity index is 1.73. The summed E-state index contributed by atoms with van der Waals surface area (Å²) >= 11 is 7.49. The number of anilines is 1. The Morgan fingerprint density at radius 3 is 2.78 bits per heavy atom. The molecule has 0 amide bonds. The molecule has 0 radical (unpaired) electrons. The quantitative estimate of drug-likeness (QED) is 0.306. The van der Waals surface area contributed by atoms with E-state index < -0.39 is 27.7 Å². The molecule has 8 nitrogen and oxygen atoms in total. The normalized spacial score (nSPS) is 14.9. The number of nitrogens with zero attached hydrogens (tertiary/aromatic N) is 2. The van der Waals surface area contributed by atoms with Crippen molar-refractivity contribution < 1.29 is 36.6 Å². The highest BCUT2D eigenvalue weighted by Crippen LogP contribution is 2.41. The van der Waals surface area contributed by atoms with Crippen molar-refractivity contribution in [2.75, 3.05) is 17.2 Å². The first kappa shape index (κ1) is 26.1. The zero-order valence-corrected chi connectivity index (χ0v) is 21.5. The van der Waals surface area contributed by atoms with E-state index in [4.69, 9.17) is 16.3 Å². The molecule has 0 bridgehead atoms. The molecule has 1 aromatic heterocycles. The van der Waals surface area contributed by atoms with E-state index in [-0.39, 0.29) is 19.5 Å². The number of carboxylic acid groups (broad SMARTS) is 1. The van der Waals surface area contributed by atoms with E-state index in [2.05, 4.69) is 0 Å². The third-order valence-corrected chi connectivity index (χ3v) is 7.62. The number of fused-ring (bicyclic) bond motifs is 2. The average Bonchev–Trinajstić information content (AvgIpc) is 3.29. The Morgan fingerprint density at radius 1 is 1.31 bits per heavy atom. The number of ether oxygens (including phenoxy) is 1. The van der Waals surface area contributed by atoms with Crippen LogP contribution in [0.4, 0.5) is 10.1 Å². The Hall–Kier alpha value is -2.99. The van der Waals surface area contributed by atoms with Crippen LogP contribution in [-0.4, -0.2) is 36.3 Å². The number of hydrogen-bond acceptors (Lipinski definition) is 7. The standard InChI is InChI=1S/C24H22ClFN2O6S2/c1-2-15(11-23-28(14-24(29)30)19-13-17(26)5-7-21(19)35-23)10-22-27(8-3-9-36(31,32)33)18-12-16(25)4-6-20(18)34-22/h4-7,10-13H,2-3,8-9,14H2,1H3,(H-,29,30,31,32,33). The number of carboxylic acids is 1. The van der Waals surface area contributed by atoms with E-state index in [0.29, 0.717) is 39.3 Å². The molecule has 36 heavy (non-hydrogen) atoms. The molecule has 0 unspecified atom stereocenters. The van der Waals surface area contributed by atoms with Crippen molar-refractivity contribution in [3.63, 3.8) is 0 Å². The molecule has 0 fully saturated rings. The second-order valence-corrected chi connectivity index (χ2v) is 11.1. The summed E-state index contributed by atoms with van der Waals surface area (Å²) in [5.41, 5.74) is 1.92. The smallest absolute Gasteiger partial charge is 0.370 e. The number of halogens is 2. The number of allylic oxidation sites excluding steroid dienone is 2. The first-order valence-electron chi connectivity index (χ1n) is 11.0.